The van der Waals surface area contributed by atoms with Gasteiger partial charge in [-0.05, 0) is 40.7 Å². The molecule has 1 rings (SSSR count). The number of thiazole rings is 1. The number of rotatable bonds is 7. The molecule has 1 unspecified atom stereocenters. The van der Waals surface area contributed by atoms with Crippen molar-refractivity contribution in [2.75, 3.05) is 18.0 Å². The van der Waals surface area contributed by atoms with Gasteiger partial charge in [0.25, 0.3) is 0 Å². The Morgan fingerprint density at radius 1 is 1.28 bits per heavy atom. The van der Waals surface area contributed by atoms with Crippen LogP contribution in [-0.4, -0.2) is 24.1 Å². The Morgan fingerprint density at radius 3 is 2.44 bits per heavy atom. The van der Waals surface area contributed by atoms with Crippen LogP contribution in [0.25, 0.3) is 0 Å². The first-order valence-corrected chi connectivity index (χ1v) is 7.80. The highest BCUT2D eigenvalue weighted by Crippen LogP contribution is 2.31. The average molecular weight is 269 g/mol. The summed E-state index contributed by atoms with van der Waals surface area (Å²) in [7, 11) is 0. The molecule has 0 radical (unpaired) electrons. The van der Waals surface area contributed by atoms with E-state index in [2.05, 4.69) is 51.8 Å². The monoisotopic (exact) mass is 269 g/mol. The summed E-state index contributed by atoms with van der Waals surface area (Å²) < 4.78 is 0. The average Bonchev–Trinajstić information content (AvgIpc) is 2.67. The molecule has 0 aromatic carbocycles. The largest absolute Gasteiger partial charge is 0.346 e. The summed E-state index contributed by atoms with van der Waals surface area (Å²) in [6.45, 7) is 15.3. The molecule has 4 heteroatoms. The second kappa shape index (κ2) is 7.10. The molecule has 0 aliphatic heterocycles. The van der Waals surface area contributed by atoms with Gasteiger partial charge in [0, 0.05) is 23.5 Å². The van der Waals surface area contributed by atoms with Gasteiger partial charge in [0.2, 0.25) is 0 Å². The summed E-state index contributed by atoms with van der Waals surface area (Å²) in [5, 5.41) is 4.64. The van der Waals surface area contributed by atoms with E-state index in [-0.39, 0.29) is 0 Å². The van der Waals surface area contributed by atoms with Gasteiger partial charge in [-0.25, -0.2) is 4.98 Å². The summed E-state index contributed by atoms with van der Waals surface area (Å²) in [4.78, 5) is 8.53. The number of aryl methyl sites for hydroxylation is 1. The molecule has 1 aromatic rings. The van der Waals surface area contributed by atoms with E-state index < -0.39 is 0 Å². The van der Waals surface area contributed by atoms with E-state index in [1.165, 1.54) is 15.7 Å². The highest BCUT2D eigenvalue weighted by Gasteiger charge is 2.18. The number of aromatic nitrogens is 1. The molecular weight excluding hydrogens is 242 g/mol. The van der Waals surface area contributed by atoms with Crippen LogP contribution in [0.3, 0.4) is 0 Å². The molecule has 1 N–H and O–H groups in total. The minimum atomic E-state index is 0.400. The van der Waals surface area contributed by atoms with Crippen molar-refractivity contribution >= 4 is 16.5 Å². The quantitative estimate of drug-likeness (QED) is 0.817. The van der Waals surface area contributed by atoms with E-state index in [0.717, 1.165) is 19.5 Å². The molecule has 0 saturated carbocycles. The first-order valence-electron chi connectivity index (χ1n) is 6.98. The number of nitrogens with one attached hydrogen (secondary N) is 1. The predicted octanol–water partition coefficient (Wildman–Crippen LogP) is 3.75. The Balaban J connectivity index is 2.93. The molecule has 0 amide bonds. The van der Waals surface area contributed by atoms with Crippen molar-refractivity contribution in [1.82, 2.24) is 10.3 Å². The molecule has 1 heterocycles. The molecule has 0 aliphatic carbocycles. The number of hydrogen-bond acceptors (Lipinski definition) is 4. The zero-order valence-electron chi connectivity index (χ0n) is 12.6. The lowest BCUT2D eigenvalue weighted by molar-refractivity contribution is 0.603. The predicted molar refractivity (Wildman–Crippen MR) is 81.7 cm³/mol. The maximum atomic E-state index is 4.76. The van der Waals surface area contributed by atoms with Crippen LogP contribution < -0.4 is 10.2 Å². The maximum absolute atomic E-state index is 4.76. The molecule has 0 aliphatic rings. The third-order valence-corrected chi connectivity index (χ3v) is 4.44. The zero-order chi connectivity index (χ0) is 13.7. The molecule has 1 atom stereocenters. The molecule has 0 fully saturated rings. The lowest BCUT2D eigenvalue weighted by Gasteiger charge is -2.25. The van der Waals surface area contributed by atoms with Gasteiger partial charge in [-0.1, -0.05) is 13.8 Å². The zero-order valence-corrected chi connectivity index (χ0v) is 13.4. The van der Waals surface area contributed by atoms with E-state index >= 15 is 0 Å². The van der Waals surface area contributed by atoms with Crippen LogP contribution in [0.5, 0.6) is 0 Å². The first kappa shape index (κ1) is 15.4. The van der Waals surface area contributed by atoms with Crippen molar-refractivity contribution in [2.24, 2.45) is 0 Å². The molecular formula is C14H27N3S. The summed E-state index contributed by atoms with van der Waals surface area (Å²) >= 11 is 1.84. The lowest BCUT2D eigenvalue weighted by atomic mass is 10.2. The van der Waals surface area contributed by atoms with Crippen molar-refractivity contribution in [3.63, 3.8) is 0 Å². The molecule has 104 valence electrons. The second-order valence-electron chi connectivity index (χ2n) is 5.01. The lowest BCUT2D eigenvalue weighted by Crippen LogP contribution is -2.31. The molecule has 0 bridgehead atoms. The van der Waals surface area contributed by atoms with Crippen LogP contribution in [0.4, 0.5) is 5.13 Å². The van der Waals surface area contributed by atoms with Crippen LogP contribution in [0.1, 0.15) is 57.7 Å². The van der Waals surface area contributed by atoms with Crippen molar-refractivity contribution in [3.05, 3.63) is 10.6 Å². The Morgan fingerprint density at radius 2 is 1.94 bits per heavy atom. The van der Waals surface area contributed by atoms with Crippen LogP contribution in [0.2, 0.25) is 0 Å². The third-order valence-electron chi connectivity index (χ3n) is 3.06. The normalized spacial score (nSPS) is 13.1. The van der Waals surface area contributed by atoms with Crippen LogP contribution in [0, 0.1) is 6.92 Å². The molecule has 0 spiro atoms. The topological polar surface area (TPSA) is 28.2 Å². The van der Waals surface area contributed by atoms with Crippen LogP contribution in [0.15, 0.2) is 0 Å². The highest BCUT2D eigenvalue weighted by atomic mass is 32.1. The van der Waals surface area contributed by atoms with Crippen molar-refractivity contribution in [3.8, 4) is 0 Å². The Hall–Kier alpha value is -0.610. The second-order valence-corrected chi connectivity index (χ2v) is 6.02. The maximum Gasteiger partial charge on any atom is 0.186 e. The summed E-state index contributed by atoms with van der Waals surface area (Å²) in [5.41, 5.74) is 1.17. The van der Waals surface area contributed by atoms with Gasteiger partial charge in [0.15, 0.2) is 5.13 Å². The molecule has 18 heavy (non-hydrogen) atoms. The molecule has 3 nitrogen and oxygen atoms in total. The SMILES string of the molecule is CCCN(c1nc(C)c(C(C)NCC)s1)C(C)C. The van der Waals surface area contributed by atoms with E-state index in [1.54, 1.807) is 0 Å². The fourth-order valence-electron chi connectivity index (χ4n) is 2.13. The number of nitrogens with zero attached hydrogens (tertiary/aromatic N) is 2. The number of hydrogen-bond donors (Lipinski definition) is 1. The van der Waals surface area contributed by atoms with Crippen LogP contribution >= 0.6 is 11.3 Å². The van der Waals surface area contributed by atoms with E-state index in [0.29, 0.717) is 12.1 Å². The van der Waals surface area contributed by atoms with E-state index in [4.69, 9.17) is 4.98 Å². The minimum Gasteiger partial charge on any atom is -0.346 e. The van der Waals surface area contributed by atoms with E-state index in [1.807, 2.05) is 11.3 Å². The van der Waals surface area contributed by atoms with Crippen LogP contribution in [-0.2, 0) is 0 Å². The molecule has 1 aromatic heterocycles. The van der Waals surface area contributed by atoms with Crippen molar-refractivity contribution < 1.29 is 0 Å². The Kier molecular flexibility index (Phi) is 6.09. The Bertz CT molecular complexity index is 360. The fourth-order valence-corrected chi connectivity index (χ4v) is 3.38. The van der Waals surface area contributed by atoms with Gasteiger partial charge in [-0.3, -0.25) is 0 Å². The van der Waals surface area contributed by atoms with Gasteiger partial charge in [-0.15, -0.1) is 11.3 Å². The van der Waals surface area contributed by atoms with Gasteiger partial charge < -0.3 is 10.2 Å². The van der Waals surface area contributed by atoms with Crippen molar-refractivity contribution in [2.45, 2.75) is 60.0 Å². The van der Waals surface area contributed by atoms with E-state index in [9.17, 15) is 0 Å². The Labute approximate surface area is 116 Å². The van der Waals surface area contributed by atoms with Crippen molar-refractivity contribution in [1.29, 1.82) is 0 Å². The summed E-state index contributed by atoms with van der Waals surface area (Å²) in [6, 6.07) is 0.912. The number of anilines is 1. The summed E-state index contributed by atoms with van der Waals surface area (Å²) in [6.07, 6.45) is 1.16. The van der Waals surface area contributed by atoms with Gasteiger partial charge in [0.1, 0.15) is 0 Å². The van der Waals surface area contributed by atoms with Gasteiger partial charge >= 0.3 is 0 Å². The van der Waals surface area contributed by atoms with Gasteiger partial charge in [0.05, 0.1) is 5.69 Å². The van der Waals surface area contributed by atoms with Gasteiger partial charge in [-0.2, -0.15) is 0 Å². The molecule has 0 saturated heterocycles. The highest BCUT2D eigenvalue weighted by molar-refractivity contribution is 7.15. The standard InChI is InChI=1S/C14H27N3S/c1-7-9-17(10(3)4)14-16-12(6)13(18-14)11(5)15-8-2/h10-11,15H,7-9H2,1-6H3. The minimum absolute atomic E-state index is 0.400. The first-order chi connectivity index (χ1) is 8.51. The fraction of sp³-hybridized carbons (Fsp3) is 0.786. The smallest absolute Gasteiger partial charge is 0.186 e. The summed E-state index contributed by atoms with van der Waals surface area (Å²) in [5.74, 6) is 0. The third kappa shape index (κ3) is 3.69.